The summed E-state index contributed by atoms with van der Waals surface area (Å²) in [5, 5.41) is 0. The molecule has 0 bridgehead atoms. The summed E-state index contributed by atoms with van der Waals surface area (Å²) in [6, 6.07) is 0. The van der Waals surface area contributed by atoms with Gasteiger partial charge in [0.15, 0.2) is 11.2 Å². The van der Waals surface area contributed by atoms with Gasteiger partial charge >= 0.3 is 0 Å². The third-order valence-electron chi connectivity index (χ3n) is 4.24. The maximum absolute atomic E-state index is 6.10. The Kier molecular flexibility index (Phi) is 4.48. The number of rotatable bonds is 6. The van der Waals surface area contributed by atoms with Crippen LogP contribution in [0.1, 0.15) is 45.9 Å². The van der Waals surface area contributed by atoms with Crippen LogP contribution in [0.25, 0.3) is 11.2 Å². The Morgan fingerprint density at radius 3 is 2.35 bits per heavy atom. The second-order valence-electron chi connectivity index (χ2n) is 4.84. The first kappa shape index (κ1) is 15.0. The second-order valence-corrected chi connectivity index (χ2v) is 5.10. The lowest BCUT2D eigenvalue weighted by molar-refractivity contribution is 0.251. The van der Waals surface area contributed by atoms with E-state index in [0.717, 1.165) is 30.7 Å². The molecular weight excluding hydrogens is 276 g/mol. The largest absolute Gasteiger partial charge is 0.479 e. The average molecular weight is 297 g/mol. The molecule has 0 saturated carbocycles. The fraction of sp³-hybridized carbons (Fsp3) is 0.643. The van der Waals surface area contributed by atoms with E-state index in [1.165, 1.54) is 6.33 Å². The summed E-state index contributed by atoms with van der Waals surface area (Å²) in [7, 11) is 1.59. The van der Waals surface area contributed by atoms with E-state index in [-0.39, 0.29) is 5.54 Å². The van der Waals surface area contributed by atoms with Gasteiger partial charge in [0.1, 0.15) is 12.2 Å². The van der Waals surface area contributed by atoms with Crippen LogP contribution in [0.4, 0.5) is 0 Å². The monoisotopic (exact) mass is 296 g/mol. The lowest BCUT2D eigenvalue weighted by atomic mass is 9.89. The molecule has 2 rings (SSSR count). The Hall–Kier alpha value is -1.36. The van der Waals surface area contributed by atoms with E-state index >= 15 is 0 Å². The van der Waals surface area contributed by atoms with Gasteiger partial charge in [-0.1, -0.05) is 20.8 Å². The summed E-state index contributed by atoms with van der Waals surface area (Å²) >= 11 is 6.10. The molecule has 2 aromatic heterocycles. The highest BCUT2D eigenvalue weighted by atomic mass is 35.5. The van der Waals surface area contributed by atoms with Crippen molar-refractivity contribution >= 4 is 22.8 Å². The predicted octanol–water partition coefficient (Wildman–Crippen LogP) is 3.50. The molecule has 5 nitrogen and oxygen atoms in total. The summed E-state index contributed by atoms with van der Waals surface area (Å²) in [5.74, 6) is 1.67. The normalized spacial score (nSPS) is 12.1. The van der Waals surface area contributed by atoms with Crippen molar-refractivity contribution in [3.63, 3.8) is 0 Å². The Bertz CT molecular complexity index is 584. The highest BCUT2D eigenvalue weighted by Crippen LogP contribution is 2.35. The van der Waals surface area contributed by atoms with Gasteiger partial charge in [-0.15, -0.1) is 11.6 Å². The first-order chi connectivity index (χ1) is 9.67. The number of hydrogen-bond acceptors (Lipinski definition) is 4. The molecule has 0 N–H and O–H groups in total. The molecule has 2 aromatic rings. The number of halogens is 1. The molecule has 0 radical (unpaired) electrons. The molecule has 0 unspecified atom stereocenters. The molecule has 0 amide bonds. The van der Waals surface area contributed by atoms with Crippen LogP contribution >= 0.6 is 11.6 Å². The van der Waals surface area contributed by atoms with Gasteiger partial charge in [-0.2, -0.15) is 4.98 Å². The third-order valence-corrected chi connectivity index (χ3v) is 4.48. The molecule has 0 aliphatic rings. The quantitative estimate of drug-likeness (QED) is 0.766. The fourth-order valence-electron chi connectivity index (χ4n) is 2.88. The van der Waals surface area contributed by atoms with Gasteiger partial charge in [0.2, 0.25) is 5.88 Å². The number of hydrogen-bond donors (Lipinski definition) is 0. The van der Waals surface area contributed by atoms with E-state index in [1.807, 2.05) is 0 Å². The molecule has 0 saturated heterocycles. The molecule has 0 aromatic carbocycles. The maximum Gasteiger partial charge on any atom is 0.245 e. The summed E-state index contributed by atoms with van der Waals surface area (Å²) in [6.45, 7) is 6.57. The Balaban J connectivity index is 2.80. The van der Waals surface area contributed by atoms with Crippen molar-refractivity contribution in [2.75, 3.05) is 7.11 Å². The number of fused-ring (bicyclic) bond motifs is 1. The zero-order valence-electron chi connectivity index (χ0n) is 12.5. The minimum atomic E-state index is -0.0155. The van der Waals surface area contributed by atoms with Crippen molar-refractivity contribution in [2.45, 2.75) is 51.5 Å². The van der Waals surface area contributed by atoms with Crippen LogP contribution in [0.15, 0.2) is 6.33 Å². The Morgan fingerprint density at radius 2 is 1.85 bits per heavy atom. The third kappa shape index (κ3) is 2.14. The van der Waals surface area contributed by atoms with Gasteiger partial charge in [-0.3, -0.25) is 0 Å². The highest BCUT2D eigenvalue weighted by molar-refractivity contribution is 6.16. The van der Waals surface area contributed by atoms with E-state index in [2.05, 4.69) is 40.3 Å². The molecule has 0 aliphatic heterocycles. The van der Waals surface area contributed by atoms with Crippen molar-refractivity contribution in [1.29, 1.82) is 0 Å². The van der Waals surface area contributed by atoms with E-state index in [4.69, 9.17) is 16.3 Å². The summed E-state index contributed by atoms with van der Waals surface area (Å²) in [5.41, 5.74) is 1.47. The number of methoxy groups -OCH3 is 1. The van der Waals surface area contributed by atoms with Crippen LogP contribution in [0.5, 0.6) is 5.88 Å². The molecule has 6 heteroatoms. The Labute approximate surface area is 124 Å². The first-order valence-electron chi connectivity index (χ1n) is 7.00. The van der Waals surface area contributed by atoms with E-state index in [9.17, 15) is 0 Å². The standard InChI is InChI=1S/C14H21ClN4O/c1-5-14(6-2,7-3)19-10(8-15)18-11-12(19)16-9-17-13(11)20-4/h9H,5-8H2,1-4H3. The van der Waals surface area contributed by atoms with Crippen LogP contribution in [-0.2, 0) is 11.4 Å². The van der Waals surface area contributed by atoms with Gasteiger partial charge in [0.25, 0.3) is 0 Å². The van der Waals surface area contributed by atoms with Crippen molar-refractivity contribution in [2.24, 2.45) is 0 Å². The van der Waals surface area contributed by atoms with Crippen molar-refractivity contribution in [1.82, 2.24) is 19.5 Å². The molecule has 0 spiro atoms. The van der Waals surface area contributed by atoms with Crippen LogP contribution in [0.3, 0.4) is 0 Å². The summed E-state index contributed by atoms with van der Waals surface area (Å²) < 4.78 is 7.46. The topological polar surface area (TPSA) is 52.8 Å². The maximum atomic E-state index is 6.10. The minimum absolute atomic E-state index is 0.0155. The highest BCUT2D eigenvalue weighted by Gasteiger charge is 2.31. The Morgan fingerprint density at radius 1 is 1.20 bits per heavy atom. The molecular formula is C14H21ClN4O. The molecule has 20 heavy (non-hydrogen) atoms. The molecule has 0 fully saturated rings. The van der Waals surface area contributed by atoms with Gasteiger partial charge in [0.05, 0.1) is 13.0 Å². The van der Waals surface area contributed by atoms with Gasteiger partial charge in [-0.05, 0) is 19.3 Å². The number of nitrogens with zero attached hydrogens (tertiary/aromatic N) is 4. The summed E-state index contributed by atoms with van der Waals surface area (Å²) in [4.78, 5) is 13.1. The SMILES string of the molecule is CCC(CC)(CC)n1c(CCl)nc2c(OC)ncnc21. The lowest BCUT2D eigenvalue weighted by Crippen LogP contribution is -2.33. The second kappa shape index (κ2) is 5.95. The minimum Gasteiger partial charge on any atom is -0.479 e. The van der Waals surface area contributed by atoms with Crippen molar-refractivity contribution in [3.05, 3.63) is 12.2 Å². The van der Waals surface area contributed by atoms with Crippen LogP contribution in [-0.4, -0.2) is 26.6 Å². The molecule has 110 valence electrons. The summed E-state index contributed by atoms with van der Waals surface area (Å²) in [6.07, 6.45) is 4.52. The van der Waals surface area contributed by atoms with Crippen LogP contribution in [0, 0.1) is 0 Å². The van der Waals surface area contributed by atoms with Crippen LogP contribution < -0.4 is 4.74 Å². The first-order valence-corrected chi connectivity index (χ1v) is 7.53. The lowest BCUT2D eigenvalue weighted by Gasteiger charge is -2.33. The van der Waals surface area contributed by atoms with E-state index < -0.39 is 0 Å². The van der Waals surface area contributed by atoms with Crippen LogP contribution in [0.2, 0.25) is 0 Å². The number of aromatic nitrogens is 4. The molecule has 0 atom stereocenters. The van der Waals surface area contributed by atoms with Gasteiger partial charge < -0.3 is 9.30 Å². The number of ether oxygens (including phenoxy) is 1. The average Bonchev–Trinajstić information content (AvgIpc) is 2.89. The zero-order valence-corrected chi connectivity index (χ0v) is 13.2. The van der Waals surface area contributed by atoms with Gasteiger partial charge in [0, 0.05) is 5.54 Å². The number of alkyl halides is 1. The fourth-order valence-corrected chi connectivity index (χ4v) is 3.06. The van der Waals surface area contributed by atoms with E-state index in [0.29, 0.717) is 17.3 Å². The molecule has 2 heterocycles. The van der Waals surface area contributed by atoms with E-state index in [1.54, 1.807) is 7.11 Å². The van der Waals surface area contributed by atoms with Gasteiger partial charge in [-0.25, -0.2) is 9.97 Å². The zero-order chi connectivity index (χ0) is 14.8. The van der Waals surface area contributed by atoms with Crippen molar-refractivity contribution in [3.8, 4) is 5.88 Å². The smallest absolute Gasteiger partial charge is 0.245 e. The van der Waals surface area contributed by atoms with Crippen molar-refractivity contribution < 1.29 is 4.74 Å². The number of imidazole rings is 1. The molecule has 0 aliphatic carbocycles. The predicted molar refractivity (Wildman–Crippen MR) is 80.3 cm³/mol.